The highest BCUT2D eigenvalue weighted by Crippen LogP contribution is 2.14. The number of rotatable bonds is 5. The zero-order valence-electron chi connectivity index (χ0n) is 11.4. The molecule has 0 bridgehead atoms. The van der Waals surface area contributed by atoms with Crippen molar-refractivity contribution in [3.63, 3.8) is 0 Å². The molecule has 0 radical (unpaired) electrons. The lowest BCUT2D eigenvalue weighted by atomic mass is 9.94. The number of nitrogens with one attached hydrogen (secondary N) is 2. The lowest BCUT2D eigenvalue weighted by molar-refractivity contribution is -0.138. The summed E-state index contributed by atoms with van der Waals surface area (Å²) < 4.78 is 1.23. The number of carboxylic acids is 1. The molecule has 2 rings (SSSR count). The first-order valence-electron chi connectivity index (χ1n) is 6.66. The van der Waals surface area contributed by atoms with Gasteiger partial charge < -0.3 is 15.7 Å². The van der Waals surface area contributed by atoms with E-state index in [0.29, 0.717) is 11.6 Å². The summed E-state index contributed by atoms with van der Waals surface area (Å²) in [5.74, 6) is -0.487. The van der Waals surface area contributed by atoms with E-state index in [9.17, 15) is 9.59 Å². The van der Waals surface area contributed by atoms with Crippen molar-refractivity contribution in [2.24, 2.45) is 5.92 Å². The van der Waals surface area contributed by atoms with Crippen LogP contribution in [-0.4, -0.2) is 44.6 Å². The van der Waals surface area contributed by atoms with Gasteiger partial charge in [-0.3, -0.25) is 9.59 Å². The summed E-state index contributed by atoms with van der Waals surface area (Å²) in [5.41, 5.74) is 0.545. The number of carbonyl (C=O) groups excluding carboxylic acids is 1. The van der Waals surface area contributed by atoms with Gasteiger partial charge in [-0.25, -0.2) is 4.68 Å². The number of carboxylic acid groups (broad SMARTS) is 1. The number of piperidine rings is 1. The first-order valence-corrected chi connectivity index (χ1v) is 6.66. The minimum atomic E-state index is -0.981. The van der Waals surface area contributed by atoms with Crippen molar-refractivity contribution in [1.82, 2.24) is 25.6 Å². The Morgan fingerprint density at radius 2 is 2.40 bits per heavy atom. The fourth-order valence-corrected chi connectivity index (χ4v) is 2.24. The number of hydrogen-bond acceptors (Lipinski definition) is 5. The lowest BCUT2D eigenvalue weighted by Gasteiger charge is -2.27. The molecular formula is C12H19N5O3. The van der Waals surface area contributed by atoms with Gasteiger partial charge in [-0.05, 0) is 25.3 Å². The predicted octanol–water partition coefficient (Wildman–Crippen LogP) is -0.633. The summed E-state index contributed by atoms with van der Waals surface area (Å²) in [7, 11) is 0. The van der Waals surface area contributed by atoms with Crippen molar-refractivity contribution in [2.45, 2.75) is 38.9 Å². The number of hydrogen-bond donors (Lipinski definition) is 3. The Morgan fingerprint density at radius 1 is 1.60 bits per heavy atom. The van der Waals surface area contributed by atoms with Crippen LogP contribution >= 0.6 is 0 Å². The Bertz CT molecular complexity index is 487. The second-order valence-corrected chi connectivity index (χ2v) is 5.16. The van der Waals surface area contributed by atoms with Crippen molar-refractivity contribution in [3.05, 3.63) is 11.9 Å². The van der Waals surface area contributed by atoms with Gasteiger partial charge >= 0.3 is 5.97 Å². The average Bonchev–Trinajstić information content (AvgIpc) is 2.82. The van der Waals surface area contributed by atoms with E-state index in [2.05, 4.69) is 27.9 Å². The van der Waals surface area contributed by atoms with Gasteiger partial charge in [-0.2, -0.15) is 0 Å². The maximum Gasteiger partial charge on any atom is 0.325 e. The molecule has 1 aliphatic rings. The fraction of sp³-hybridized carbons (Fsp3) is 0.667. The molecule has 8 heteroatoms. The number of aromatic nitrogens is 3. The van der Waals surface area contributed by atoms with Gasteiger partial charge in [0, 0.05) is 0 Å². The molecule has 0 saturated carbocycles. The van der Waals surface area contributed by atoms with Crippen LogP contribution in [0.1, 0.15) is 25.5 Å². The van der Waals surface area contributed by atoms with Gasteiger partial charge in [0.2, 0.25) is 5.91 Å². The van der Waals surface area contributed by atoms with Crippen LogP contribution < -0.4 is 10.6 Å². The average molecular weight is 281 g/mol. The summed E-state index contributed by atoms with van der Waals surface area (Å²) in [5, 5.41) is 22.1. The highest BCUT2D eigenvalue weighted by atomic mass is 16.4. The Balaban J connectivity index is 1.80. The van der Waals surface area contributed by atoms with Crippen LogP contribution in [0.5, 0.6) is 0 Å². The predicted molar refractivity (Wildman–Crippen MR) is 69.7 cm³/mol. The van der Waals surface area contributed by atoms with Crippen LogP contribution in [-0.2, 0) is 22.7 Å². The van der Waals surface area contributed by atoms with E-state index >= 15 is 0 Å². The first-order chi connectivity index (χ1) is 9.54. The van der Waals surface area contributed by atoms with Gasteiger partial charge in [-0.1, -0.05) is 12.1 Å². The quantitative estimate of drug-likeness (QED) is 0.663. The highest BCUT2D eigenvalue weighted by molar-refractivity contribution is 5.81. The number of aliphatic carboxylic acids is 1. The summed E-state index contributed by atoms with van der Waals surface area (Å²) >= 11 is 0. The lowest BCUT2D eigenvalue weighted by Crippen LogP contribution is -2.48. The molecule has 0 spiro atoms. The maximum atomic E-state index is 12.0. The molecule has 1 amide bonds. The SMILES string of the molecule is CC1CCNC(C(=O)NCc2cn(CC(=O)O)nn2)C1. The largest absolute Gasteiger partial charge is 0.480 e. The third-order valence-corrected chi connectivity index (χ3v) is 3.31. The Morgan fingerprint density at radius 3 is 3.10 bits per heavy atom. The van der Waals surface area contributed by atoms with Crippen molar-refractivity contribution in [1.29, 1.82) is 0 Å². The molecule has 0 aliphatic carbocycles. The Kier molecular flexibility index (Phi) is 4.67. The molecule has 1 fully saturated rings. The van der Waals surface area contributed by atoms with Crippen molar-refractivity contribution in [3.8, 4) is 0 Å². The normalized spacial score (nSPS) is 22.4. The summed E-state index contributed by atoms with van der Waals surface area (Å²) in [6, 6.07) is -0.159. The van der Waals surface area contributed by atoms with Gasteiger partial charge in [0.25, 0.3) is 0 Å². The van der Waals surface area contributed by atoms with Crippen LogP contribution in [0.15, 0.2) is 6.20 Å². The standard InChI is InChI=1S/C12H19N5O3/c1-8-2-3-13-10(4-8)12(20)14-5-9-6-17(16-15-9)7-11(18)19/h6,8,10,13H,2-5,7H2,1H3,(H,14,20)(H,18,19). The molecule has 1 aromatic rings. The second-order valence-electron chi connectivity index (χ2n) is 5.16. The summed E-state index contributed by atoms with van der Waals surface area (Å²) in [4.78, 5) is 22.5. The van der Waals surface area contributed by atoms with E-state index in [1.807, 2.05) is 0 Å². The molecule has 0 aromatic carbocycles. The number of carbonyl (C=O) groups is 2. The number of nitrogens with zero attached hydrogens (tertiary/aromatic N) is 3. The van der Waals surface area contributed by atoms with Crippen LogP contribution in [0, 0.1) is 5.92 Å². The number of amides is 1. The monoisotopic (exact) mass is 281 g/mol. The maximum absolute atomic E-state index is 12.0. The molecule has 2 unspecified atom stereocenters. The second kappa shape index (κ2) is 6.47. The van der Waals surface area contributed by atoms with E-state index in [1.165, 1.54) is 10.9 Å². The van der Waals surface area contributed by atoms with Gasteiger partial charge in [-0.15, -0.1) is 5.10 Å². The molecule has 1 aliphatic heterocycles. The topological polar surface area (TPSA) is 109 Å². The van der Waals surface area contributed by atoms with Crippen molar-refractivity contribution in [2.75, 3.05) is 6.54 Å². The van der Waals surface area contributed by atoms with Gasteiger partial charge in [0.1, 0.15) is 12.2 Å². The third-order valence-electron chi connectivity index (χ3n) is 3.31. The molecule has 8 nitrogen and oxygen atoms in total. The zero-order valence-corrected chi connectivity index (χ0v) is 11.4. The van der Waals surface area contributed by atoms with Crippen LogP contribution in [0.4, 0.5) is 0 Å². The highest BCUT2D eigenvalue weighted by Gasteiger charge is 2.24. The molecule has 2 atom stereocenters. The van der Waals surface area contributed by atoms with Gasteiger partial charge in [0.05, 0.1) is 18.8 Å². The minimum absolute atomic E-state index is 0.0515. The van der Waals surface area contributed by atoms with Crippen LogP contribution in [0.25, 0.3) is 0 Å². The van der Waals surface area contributed by atoms with E-state index < -0.39 is 5.97 Å². The van der Waals surface area contributed by atoms with Gasteiger partial charge in [0.15, 0.2) is 0 Å². The van der Waals surface area contributed by atoms with Crippen molar-refractivity contribution < 1.29 is 14.7 Å². The first kappa shape index (κ1) is 14.4. The molecular weight excluding hydrogens is 262 g/mol. The van der Waals surface area contributed by atoms with E-state index in [-0.39, 0.29) is 25.0 Å². The van der Waals surface area contributed by atoms with Crippen LogP contribution in [0.3, 0.4) is 0 Å². The molecule has 2 heterocycles. The molecule has 1 aromatic heterocycles. The Labute approximate surface area is 116 Å². The smallest absolute Gasteiger partial charge is 0.325 e. The van der Waals surface area contributed by atoms with E-state index in [0.717, 1.165) is 19.4 Å². The van der Waals surface area contributed by atoms with E-state index in [1.54, 1.807) is 0 Å². The molecule has 3 N–H and O–H groups in total. The molecule has 110 valence electrons. The van der Waals surface area contributed by atoms with E-state index in [4.69, 9.17) is 5.11 Å². The fourth-order valence-electron chi connectivity index (χ4n) is 2.24. The summed E-state index contributed by atoms with van der Waals surface area (Å²) in [6.45, 7) is 3.01. The van der Waals surface area contributed by atoms with Crippen molar-refractivity contribution >= 4 is 11.9 Å². The molecule has 20 heavy (non-hydrogen) atoms. The third kappa shape index (κ3) is 4.02. The minimum Gasteiger partial charge on any atom is -0.480 e. The molecule has 1 saturated heterocycles. The Hall–Kier alpha value is -1.96. The summed E-state index contributed by atoms with van der Waals surface area (Å²) in [6.07, 6.45) is 3.44. The van der Waals surface area contributed by atoms with Crippen LogP contribution in [0.2, 0.25) is 0 Å². The zero-order chi connectivity index (χ0) is 14.5.